The summed E-state index contributed by atoms with van der Waals surface area (Å²) in [6.45, 7) is 0. The molecule has 3 aromatic rings. The number of hydrogen-bond acceptors (Lipinski definition) is 2. The smallest absolute Gasteiger partial charge is 0.172 e. The van der Waals surface area contributed by atoms with Crippen LogP contribution in [0.2, 0.25) is 0 Å². The van der Waals surface area contributed by atoms with Gasteiger partial charge in [0.05, 0.1) is 11.9 Å². The molecule has 0 aliphatic rings. The van der Waals surface area contributed by atoms with Crippen LogP contribution in [-0.2, 0) is 0 Å². The van der Waals surface area contributed by atoms with Gasteiger partial charge in [0.15, 0.2) is 5.16 Å². The first-order valence-electron chi connectivity index (χ1n) is 6.13. The summed E-state index contributed by atoms with van der Waals surface area (Å²) in [5.41, 5.74) is 3.44. The van der Waals surface area contributed by atoms with E-state index < -0.39 is 0 Å². The molecule has 1 heterocycles. The van der Waals surface area contributed by atoms with E-state index in [9.17, 15) is 0 Å². The standard InChI is InChI=1S/C16H14N2S/c1-19-16-17-12-15(13-8-4-2-5-9-13)18(16)14-10-6-3-7-11-14/h2-12H,1H3. The van der Waals surface area contributed by atoms with Crippen molar-refractivity contribution in [3.8, 4) is 16.9 Å². The average Bonchev–Trinajstić information content (AvgIpc) is 2.93. The summed E-state index contributed by atoms with van der Waals surface area (Å²) in [7, 11) is 0. The summed E-state index contributed by atoms with van der Waals surface area (Å²) in [6.07, 6.45) is 3.99. The highest BCUT2D eigenvalue weighted by Crippen LogP contribution is 2.28. The van der Waals surface area contributed by atoms with E-state index in [0.29, 0.717) is 0 Å². The Kier molecular flexibility index (Phi) is 3.38. The molecule has 0 N–H and O–H groups in total. The molecular weight excluding hydrogens is 252 g/mol. The molecule has 0 spiro atoms. The number of hydrogen-bond donors (Lipinski definition) is 0. The lowest BCUT2D eigenvalue weighted by Gasteiger charge is -2.10. The zero-order valence-electron chi connectivity index (χ0n) is 10.7. The van der Waals surface area contributed by atoms with Crippen molar-refractivity contribution in [1.82, 2.24) is 9.55 Å². The molecule has 3 heteroatoms. The third kappa shape index (κ3) is 2.29. The van der Waals surface area contributed by atoms with Gasteiger partial charge in [-0.1, -0.05) is 60.3 Å². The Balaban J connectivity index is 2.20. The van der Waals surface area contributed by atoms with Crippen LogP contribution < -0.4 is 0 Å². The molecule has 0 fully saturated rings. The molecule has 2 aromatic carbocycles. The maximum Gasteiger partial charge on any atom is 0.172 e. The third-order valence-electron chi connectivity index (χ3n) is 3.00. The van der Waals surface area contributed by atoms with Gasteiger partial charge in [0, 0.05) is 11.3 Å². The van der Waals surface area contributed by atoms with Gasteiger partial charge in [-0.15, -0.1) is 0 Å². The van der Waals surface area contributed by atoms with Gasteiger partial charge in [-0.25, -0.2) is 4.98 Å². The zero-order chi connectivity index (χ0) is 13.1. The Morgan fingerprint density at radius 2 is 1.53 bits per heavy atom. The summed E-state index contributed by atoms with van der Waals surface area (Å²) >= 11 is 1.66. The monoisotopic (exact) mass is 266 g/mol. The fourth-order valence-electron chi connectivity index (χ4n) is 2.12. The number of nitrogens with zero attached hydrogens (tertiary/aromatic N) is 2. The Hall–Kier alpha value is -2.00. The number of benzene rings is 2. The molecule has 94 valence electrons. The van der Waals surface area contributed by atoms with Crippen LogP contribution in [0.5, 0.6) is 0 Å². The van der Waals surface area contributed by atoms with Crippen molar-refractivity contribution < 1.29 is 0 Å². The lowest BCUT2D eigenvalue weighted by atomic mass is 10.1. The minimum atomic E-state index is 1.00. The highest BCUT2D eigenvalue weighted by Gasteiger charge is 2.12. The predicted molar refractivity (Wildman–Crippen MR) is 80.8 cm³/mol. The molecule has 0 aliphatic carbocycles. The summed E-state index contributed by atoms with van der Waals surface area (Å²) in [6, 6.07) is 20.7. The molecule has 0 bridgehead atoms. The second-order valence-electron chi connectivity index (χ2n) is 4.17. The van der Waals surface area contributed by atoms with Crippen LogP contribution in [0.25, 0.3) is 16.9 Å². The maximum absolute atomic E-state index is 4.51. The van der Waals surface area contributed by atoms with Crippen molar-refractivity contribution in [2.75, 3.05) is 6.26 Å². The largest absolute Gasteiger partial charge is 0.287 e. The SMILES string of the molecule is CSc1ncc(-c2ccccc2)n1-c1ccccc1. The topological polar surface area (TPSA) is 17.8 Å². The minimum absolute atomic E-state index is 1.00. The normalized spacial score (nSPS) is 10.6. The Morgan fingerprint density at radius 1 is 0.895 bits per heavy atom. The lowest BCUT2D eigenvalue weighted by molar-refractivity contribution is 0.903. The van der Waals surface area contributed by atoms with Gasteiger partial charge in [0.2, 0.25) is 0 Å². The molecule has 0 atom stereocenters. The van der Waals surface area contributed by atoms with E-state index in [1.54, 1.807) is 11.8 Å². The maximum atomic E-state index is 4.51. The molecule has 1 aromatic heterocycles. The summed E-state index contributed by atoms with van der Waals surface area (Å²) < 4.78 is 2.19. The Bertz CT molecular complexity index is 660. The van der Waals surface area contributed by atoms with Gasteiger partial charge >= 0.3 is 0 Å². The van der Waals surface area contributed by atoms with E-state index >= 15 is 0 Å². The molecule has 0 radical (unpaired) electrons. The van der Waals surface area contributed by atoms with Crippen molar-refractivity contribution in [3.63, 3.8) is 0 Å². The van der Waals surface area contributed by atoms with Crippen LogP contribution in [0.15, 0.2) is 72.0 Å². The van der Waals surface area contributed by atoms with Gasteiger partial charge in [-0.3, -0.25) is 4.57 Å². The van der Waals surface area contributed by atoms with Crippen LogP contribution in [0.4, 0.5) is 0 Å². The molecule has 0 amide bonds. The summed E-state index contributed by atoms with van der Waals surface area (Å²) in [4.78, 5) is 4.51. The summed E-state index contributed by atoms with van der Waals surface area (Å²) in [5, 5.41) is 1.00. The summed E-state index contributed by atoms with van der Waals surface area (Å²) in [5.74, 6) is 0. The van der Waals surface area contributed by atoms with Crippen molar-refractivity contribution in [2.24, 2.45) is 0 Å². The van der Waals surface area contributed by atoms with Crippen molar-refractivity contribution in [2.45, 2.75) is 5.16 Å². The van der Waals surface area contributed by atoms with E-state index in [0.717, 1.165) is 16.5 Å². The quantitative estimate of drug-likeness (QED) is 0.659. The molecule has 0 unspecified atom stereocenters. The van der Waals surface area contributed by atoms with E-state index in [2.05, 4.69) is 52.2 Å². The van der Waals surface area contributed by atoms with Gasteiger partial charge in [0.1, 0.15) is 0 Å². The minimum Gasteiger partial charge on any atom is -0.287 e. The molecular formula is C16H14N2S. The molecule has 3 rings (SSSR count). The number of aromatic nitrogens is 2. The predicted octanol–water partition coefficient (Wildman–Crippen LogP) is 4.26. The van der Waals surface area contributed by atoms with Crippen LogP contribution in [-0.4, -0.2) is 15.8 Å². The van der Waals surface area contributed by atoms with Gasteiger partial charge in [0.25, 0.3) is 0 Å². The van der Waals surface area contributed by atoms with Gasteiger partial charge < -0.3 is 0 Å². The number of imidazole rings is 1. The lowest BCUT2D eigenvalue weighted by Crippen LogP contribution is -1.98. The Labute approximate surface area is 117 Å². The highest BCUT2D eigenvalue weighted by molar-refractivity contribution is 7.98. The van der Waals surface area contributed by atoms with Gasteiger partial charge in [-0.05, 0) is 18.4 Å². The van der Waals surface area contributed by atoms with E-state index in [1.165, 1.54) is 5.56 Å². The molecule has 19 heavy (non-hydrogen) atoms. The molecule has 0 saturated carbocycles. The zero-order valence-corrected chi connectivity index (χ0v) is 11.5. The first-order chi connectivity index (χ1) is 9.40. The number of thioether (sulfide) groups is 1. The highest BCUT2D eigenvalue weighted by atomic mass is 32.2. The number of para-hydroxylation sites is 1. The average molecular weight is 266 g/mol. The first-order valence-corrected chi connectivity index (χ1v) is 7.35. The Morgan fingerprint density at radius 3 is 2.16 bits per heavy atom. The van der Waals surface area contributed by atoms with E-state index in [4.69, 9.17) is 0 Å². The molecule has 2 nitrogen and oxygen atoms in total. The molecule has 0 saturated heterocycles. The van der Waals surface area contributed by atoms with E-state index in [1.807, 2.05) is 30.5 Å². The van der Waals surface area contributed by atoms with Crippen molar-refractivity contribution in [1.29, 1.82) is 0 Å². The van der Waals surface area contributed by atoms with E-state index in [-0.39, 0.29) is 0 Å². The molecule has 0 aliphatic heterocycles. The number of rotatable bonds is 3. The van der Waals surface area contributed by atoms with Crippen molar-refractivity contribution in [3.05, 3.63) is 66.9 Å². The third-order valence-corrected chi connectivity index (χ3v) is 3.65. The van der Waals surface area contributed by atoms with Crippen molar-refractivity contribution >= 4 is 11.8 Å². The fourth-order valence-corrected chi connectivity index (χ4v) is 2.66. The fraction of sp³-hybridized carbons (Fsp3) is 0.0625. The first kappa shape index (κ1) is 12.1. The van der Waals surface area contributed by atoms with Gasteiger partial charge in [-0.2, -0.15) is 0 Å². The van der Waals surface area contributed by atoms with Crippen LogP contribution >= 0.6 is 11.8 Å². The van der Waals surface area contributed by atoms with Crippen LogP contribution in [0.1, 0.15) is 0 Å². The second-order valence-corrected chi connectivity index (χ2v) is 4.94. The second kappa shape index (κ2) is 5.33. The van der Waals surface area contributed by atoms with Crippen LogP contribution in [0, 0.1) is 0 Å². The van der Waals surface area contributed by atoms with Crippen LogP contribution in [0.3, 0.4) is 0 Å².